The zero-order valence-corrected chi connectivity index (χ0v) is 19.4. The molecule has 0 amide bonds. The second-order valence-corrected chi connectivity index (χ2v) is 9.67. The number of hydrogen-bond acceptors (Lipinski definition) is 3. The van der Waals surface area contributed by atoms with Gasteiger partial charge in [-0.25, -0.2) is 4.39 Å². The number of nitriles is 1. The van der Waals surface area contributed by atoms with E-state index in [0.29, 0.717) is 23.3 Å². The number of likely N-dealkylation sites (tertiary alicyclic amines) is 1. The monoisotopic (exact) mass is 454 g/mol. The van der Waals surface area contributed by atoms with Crippen molar-refractivity contribution in [3.05, 3.63) is 101 Å². The van der Waals surface area contributed by atoms with E-state index >= 15 is 0 Å². The molecule has 1 aromatic carbocycles. The minimum Gasteiger partial charge on any atom is -0.303 e. The summed E-state index contributed by atoms with van der Waals surface area (Å²) < 4.78 is 13.7. The molecule has 4 atom stereocenters. The second-order valence-electron chi connectivity index (χ2n) is 9.67. The molecule has 174 valence electrons. The SMILES string of the molecule is N#CC1=CC(c2cc(C3CCN(CCc4ccccc4)CC3C3C=CC(F)=CC3)n[nH]2)CC=C1. The number of piperidine rings is 1. The molecule has 0 spiro atoms. The molecule has 34 heavy (non-hydrogen) atoms. The first-order valence-corrected chi connectivity index (χ1v) is 12.3. The maximum atomic E-state index is 13.7. The van der Waals surface area contributed by atoms with E-state index in [9.17, 15) is 9.65 Å². The summed E-state index contributed by atoms with van der Waals surface area (Å²) in [7, 11) is 0. The highest BCUT2D eigenvalue weighted by atomic mass is 19.1. The summed E-state index contributed by atoms with van der Waals surface area (Å²) in [6.07, 6.45) is 15.1. The molecule has 0 bridgehead atoms. The van der Waals surface area contributed by atoms with Crippen LogP contribution >= 0.6 is 0 Å². The summed E-state index contributed by atoms with van der Waals surface area (Å²) in [6, 6.07) is 15.1. The van der Waals surface area contributed by atoms with E-state index in [-0.39, 0.29) is 11.7 Å². The van der Waals surface area contributed by atoms with Crippen LogP contribution in [-0.4, -0.2) is 34.7 Å². The highest BCUT2D eigenvalue weighted by Crippen LogP contribution is 2.41. The van der Waals surface area contributed by atoms with Crippen LogP contribution in [0.4, 0.5) is 4.39 Å². The summed E-state index contributed by atoms with van der Waals surface area (Å²) in [6.45, 7) is 3.08. The molecule has 5 rings (SSSR count). The van der Waals surface area contributed by atoms with Gasteiger partial charge in [0.1, 0.15) is 5.83 Å². The number of allylic oxidation sites excluding steroid dienone is 8. The lowest BCUT2D eigenvalue weighted by atomic mass is 9.73. The Hall–Kier alpha value is -3.23. The summed E-state index contributed by atoms with van der Waals surface area (Å²) in [4.78, 5) is 2.57. The number of rotatable bonds is 6. The first-order valence-electron chi connectivity index (χ1n) is 12.3. The molecule has 1 aliphatic heterocycles. The van der Waals surface area contributed by atoms with Crippen LogP contribution in [0.2, 0.25) is 0 Å². The Morgan fingerprint density at radius 2 is 2.06 bits per heavy atom. The van der Waals surface area contributed by atoms with Crippen molar-refractivity contribution in [1.82, 2.24) is 15.1 Å². The highest BCUT2D eigenvalue weighted by Gasteiger charge is 2.36. The number of halogens is 1. The zero-order chi connectivity index (χ0) is 23.3. The molecule has 1 saturated heterocycles. The third-order valence-corrected chi connectivity index (χ3v) is 7.53. The number of benzene rings is 1. The van der Waals surface area contributed by atoms with E-state index in [1.54, 1.807) is 12.2 Å². The first-order chi connectivity index (χ1) is 16.7. The van der Waals surface area contributed by atoms with Crippen molar-refractivity contribution < 1.29 is 4.39 Å². The normalized spacial score (nSPS) is 27.2. The van der Waals surface area contributed by atoms with Crippen molar-refractivity contribution in [2.24, 2.45) is 11.8 Å². The Balaban J connectivity index is 1.32. The molecule has 2 aromatic rings. The number of hydrogen-bond donors (Lipinski definition) is 1. The van der Waals surface area contributed by atoms with Crippen LogP contribution in [0, 0.1) is 23.2 Å². The Kier molecular flexibility index (Phi) is 6.87. The smallest absolute Gasteiger partial charge is 0.118 e. The summed E-state index contributed by atoms with van der Waals surface area (Å²) >= 11 is 0. The molecule has 3 aliphatic rings. The molecule has 0 radical (unpaired) electrons. The average molecular weight is 455 g/mol. The standard InChI is InChI=1S/C29H31FN4/c30-25-11-9-23(10-12-25)27-20-34(15-13-21-5-2-1-3-6-21)16-14-26(27)29-18-28(32-33-29)24-8-4-7-22(17-24)19-31/h1-7,9,11-12,17-18,23-24,26-27H,8,10,13-16,20H2,(H,32,33). The quantitative estimate of drug-likeness (QED) is 0.584. The first kappa shape index (κ1) is 22.6. The van der Waals surface area contributed by atoms with Crippen LogP contribution < -0.4 is 0 Å². The predicted octanol–water partition coefficient (Wildman–Crippen LogP) is 5.98. The summed E-state index contributed by atoms with van der Waals surface area (Å²) in [5.41, 5.74) is 4.25. The Morgan fingerprint density at radius 1 is 1.18 bits per heavy atom. The summed E-state index contributed by atoms with van der Waals surface area (Å²) in [5, 5.41) is 17.3. The van der Waals surface area contributed by atoms with Crippen molar-refractivity contribution in [2.45, 2.75) is 37.5 Å². The fraction of sp³-hybridized carbons (Fsp3) is 0.379. The van der Waals surface area contributed by atoms with E-state index < -0.39 is 0 Å². The molecule has 2 aliphatic carbocycles. The van der Waals surface area contributed by atoms with Gasteiger partial charge in [-0.05, 0) is 73.9 Å². The molecule has 4 unspecified atom stereocenters. The second kappa shape index (κ2) is 10.4. The lowest BCUT2D eigenvalue weighted by Crippen LogP contribution is -2.43. The van der Waals surface area contributed by atoms with Crippen LogP contribution in [0.1, 0.15) is 48.0 Å². The van der Waals surface area contributed by atoms with Crippen LogP contribution in [0.3, 0.4) is 0 Å². The van der Waals surface area contributed by atoms with Crippen molar-refractivity contribution in [3.8, 4) is 6.07 Å². The van der Waals surface area contributed by atoms with Crippen molar-refractivity contribution in [3.63, 3.8) is 0 Å². The van der Waals surface area contributed by atoms with Crippen molar-refractivity contribution in [1.29, 1.82) is 5.26 Å². The average Bonchev–Trinajstić information content (AvgIpc) is 3.39. The Bertz CT molecular complexity index is 1150. The molecule has 5 heteroatoms. The van der Waals surface area contributed by atoms with Gasteiger partial charge >= 0.3 is 0 Å². The van der Waals surface area contributed by atoms with Gasteiger partial charge in [0, 0.05) is 36.2 Å². The molecule has 2 heterocycles. The fourth-order valence-corrected chi connectivity index (χ4v) is 5.62. The number of aromatic nitrogens is 2. The lowest BCUT2D eigenvalue weighted by molar-refractivity contribution is 0.126. The predicted molar refractivity (Wildman–Crippen MR) is 133 cm³/mol. The minimum absolute atomic E-state index is 0.128. The third kappa shape index (κ3) is 5.13. The van der Waals surface area contributed by atoms with E-state index in [1.165, 1.54) is 5.56 Å². The number of nitrogens with one attached hydrogen (secondary N) is 1. The van der Waals surface area contributed by atoms with Gasteiger partial charge < -0.3 is 4.90 Å². The molecule has 1 aromatic heterocycles. The van der Waals surface area contributed by atoms with E-state index in [1.807, 2.05) is 12.2 Å². The topological polar surface area (TPSA) is 55.7 Å². The Morgan fingerprint density at radius 3 is 2.85 bits per heavy atom. The lowest BCUT2D eigenvalue weighted by Gasteiger charge is -2.41. The van der Waals surface area contributed by atoms with Crippen LogP contribution in [-0.2, 0) is 6.42 Å². The molecular formula is C29H31FN4. The molecular weight excluding hydrogens is 423 g/mol. The van der Waals surface area contributed by atoms with Gasteiger partial charge in [-0.15, -0.1) is 0 Å². The fourth-order valence-electron chi connectivity index (χ4n) is 5.62. The van der Waals surface area contributed by atoms with Gasteiger partial charge in [-0.1, -0.05) is 48.6 Å². The number of H-pyrrole nitrogens is 1. The Labute approximate surface area is 201 Å². The largest absolute Gasteiger partial charge is 0.303 e. The van der Waals surface area contributed by atoms with E-state index in [4.69, 9.17) is 5.10 Å². The van der Waals surface area contributed by atoms with Gasteiger partial charge in [0.2, 0.25) is 0 Å². The van der Waals surface area contributed by atoms with Crippen LogP contribution in [0.15, 0.2) is 84.3 Å². The van der Waals surface area contributed by atoms with Crippen molar-refractivity contribution >= 4 is 0 Å². The van der Waals surface area contributed by atoms with Gasteiger partial charge in [0.25, 0.3) is 0 Å². The number of aromatic amines is 1. The maximum Gasteiger partial charge on any atom is 0.118 e. The van der Waals surface area contributed by atoms with Gasteiger partial charge in [0.15, 0.2) is 0 Å². The molecule has 1 N–H and O–H groups in total. The maximum absolute atomic E-state index is 13.7. The summed E-state index contributed by atoms with van der Waals surface area (Å²) in [5.74, 6) is 1.07. The van der Waals surface area contributed by atoms with Crippen LogP contribution in [0.5, 0.6) is 0 Å². The van der Waals surface area contributed by atoms with Gasteiger partial charge in [0.05, 0.1) is 11.8 Å². The number of nitrogens with zero attached hydrogens (tertiary/aromatic N) is 3. The molecule has 1 fully saturated rings. The van der Waals surface area contributed by atoms with Gasteiger partial charge in [-0.2, -0.15) is 10.4 Å². The molecule has 0 saturated carbocycles. The van der Waals surface area contributed by atoms with Crippen LogP contribution in [0.25, 0.3) is 0 Å². The zero-order valence-electron chi connectivity index (χ0n) is 19.4. The van der Waals surface area contributed by atoms with Crippen molar-refractivity contribution in [2.75, 3.05) is 19.6 Å². The molecule has 4 nitrogen and oxygen atoms in total. The highest BCUT2D eigenvalue weighted by molar-refractivity contribution is 5.39. The minimum atomic E-state index is -0.128. The van der Waals surface area contributed by atoms with E-state index in [2.05, 4.69) is 64.6 Å². The van der Waals surface area contributed by atoms with E-state index in [0.717, 1.165) is 56.7 Å². The van der Waals surface area contributed by atoms with Gasteiger partial charge in [-0.3, -0.25) is 5.10 Å². The third-order valence-electron chi connectivity index (χ3n) is 7.53.